The van der Waals surface area contributed by atoms with Crippen molar-refractivity contribution in [2.75, 3.05) is 0 Å². The lowest BCUT2D eigenvalue weighted by molar-refractivity contribution is -0.141. The third-order valence-electron chi connectivity index (χ3n) is 2.58. The molecular formula is C12H13BrF2O2. The van der Waals surface area contributed by atoms with Gasteiger partial charge in [-0.3, -0.25) is 4.79 Å². The number of aliphatic carboxylic acids is 1. The highest BCUT2D eigenvalue weighted by Crippen LogP contribution is 2.25. The van der Waals surface area contributed by atoms with Crippen LogP contribution in [0.5, 0.6) is 0 Å². The van der Waals surface area contributed by atoms with Crippen molar-refractivity contribution in [3.05, 3.63) is 33.8 Å². The Morgan fingerprint density at radius 2 is 2.12 bits per heavy atom. The fourth-order valence-electron chi connectivity index (χ4n) is 1.66. The molecule has 0 aliphatic carbocycles. The Kier molecular flexibility index (Phi) is 5.05. The molecule has 1 atom stereocenters. The summed E-state index contributed by atoms with van der Waals surface area (Å²) in [6.45, 7) is 1.84. The molecule has 17 heavy (non-hydrogen) atoms. The maximum atomic E-state index is 13.6. The highest BCUT2D eigenvalue weighted by molar-refractivity contribution is 9.10. The quantitative estimate of drug-likeness (QED) is 0.841. The van der Waals surface area contributed by atoms with E-state index in [4.69, 9.17) is 5.11 Å². The van der Waals surface area contributed by atoms with Crippen molar-refractivity contribution in [2.24, 2.45) is 5.92 Å². The predicted molar refractivity (Wildman–Crippen MR) is 63.8 cm³/mol. The number of hydrogen-bond acceptors (Lipinski definition) is 1. The van der Waals surface area contributed by atoms with Gasteiger partial charge in [-0.25, -0.2) is 8.78 Å². The Balaban J connectivity index is 3.00. The zero-order valence-electron chi connectivity index (χ0n) is 9.34. The molecule has 0 bridgehead atoms. The van der Waals surface area contributed by atoms with Gasteiger partial charge in [0.25, 0.3) is 0 Å². The molecule has 0 amide bonds. The maximum absolute atomic E-state index is 13.6. The van der Waals surface area contributed by atoms with Crippen LogP contribution in [0, 0.1) is 17.6 Å². The van der Waals surface area contributed by atoms with Crippen molar-refractivity contribution in [3.8, 4) is 0 Å². The molecule has 1 N–H and O–H groups in total. The van der Waals surface area contributed by atoms with Crippen LogP contribution in [0.3, 0.4) is 0 Å². The van der Waals surface area contributed by atoms with Crippen molar-refractivity contribution in [2.45, 2.75) is 26.2 Å². The minimum atomic E-state index is -1.02. The molecule has 0 saturated carbocycles. The first-order valence-electron chi connectivity index (χ1n) is 5.32. The van der Waals surface area contributed by atoms with Gasteiger partial charge in [0.15, 0.2) is 0 Å². The fourth-order valence-corrected chi connectivity index (χ4v) is 2.04. The lowest BCUT2D eigenvalue weighted by Crippen LogP contribution is -2.17. The number of benzene rings is 1. The van der Waals surface area contributed by atoms with E-state index in [0.717, 1.165) is 6.07 Å². The number of rotatable bonds is 5. The van der Waals surface area contributed by atoms with Gasteiger partial charge < -0.3 is 5.11 Å². The van der Waals surface area contributed by atoms with Gasteiger partial charge in [-0.1, -0.05) is 13.3 Å². The number of hydrogen-bond donors (Lipinski definition) is 1. The van der Waals surface area contributed by atoms with E-state index in [1.807, 2.05) is 6.92 Å². The molecule has 1 aromatic carbocycles. The Morgan fingerprint density at radius 3 is 2.65 bits per heavy atom. The third-order valence-corrected chi connectivity index (χ3v) is 3.19. The lowest BCUT2D eigenvalue weighted by Gasteiger charge is -2.13. The van der Waals surface area contributed by atoms with E-state index in [1.54, 1.807) is 0 Å². The second-order valence-corrected chi connectivity index (χ2v) is 4.70. The summed E-state index contributed by atoms with van der Waals surface area (Å²) >= 11 is 2.96. The molecule has 0 fully saturated rings. The molecule has 1 unspecified atom stereocenters. The number of carboxylic acid groups (broad SMARTS) is 1. The molecule has 0 radical (unpaired) electrons. The summed E-state index contributed by atoms with van der Waals surface area (Å²) in [6, 6.07) is 2.40. The van der Waals surface area contributed by atoms with Gasteiger partial charge in [0.2, 0.25) is 0 Å². The molecule has 0 aromatic heterocycles. The Morgan fingerprint density at radius 1 is 1.47 bits per heavy atom. The van der Waals surface area contributed by atoms with Crippen LogP contribution in [-0.2, 0) is 11.2 Å². The van der Waals surface area contributed by atoms with Crippen LogP contribution in [0.2, 0.25) is 0 Å². The Bertz CT molecular complexity index is 421. The van der Waals surface area contributed by atoms with Gasteiger partial charge in [-0.05, 0) is 40.9 Å². The molecule has 0 saturated heterocycles. The van der Waals surface area contributed by atoms with Crippen molar-refractivity contribution in [1.82, 2.24) is 0 Å². The fraction of sp³-hybridized carbons (Fsp3) is 0.417. The van der Waals surface area contributed by atoms with E-state index >= 15 is 0 Å². The zero-order chi connectivity index (χ0) is 13.0. The van der Waals surface area contributed by atoms with Crippen LogP contribution < -0.4 is 0 Å². The van der Waals surface area contributed by atoms with Crippen LogP contribution in [0.4, 0.5) is 8.78 Å². The average molecular weight is 307 g/mol. The second-order valence-electron chi connectivity index (χ2n) is 3.85. The molecule has 2 nitrogen and oxygen atoms in total. The topological polar surface area (TPSA) is 37.3 Å². The highest BCUT2D eigenvalue weighted by Gasteiger charge is 2.22. The first-order chi connectivity index (χ1) is 7.97. The van der Waals surface area contributed by atoms with Crippen LogP contribution in [-0.4, -0.2) is 11.1 Å². The summed E-state index contributed by atoms with van der Waals surface area (Å²) in [5.74, 6) is -3.19. The van der Waals surface area contributed by atoms with Gasteiger partial charge in [-0.2, -0.15) is 0 Å². The van der Waals surface area contributed by atoms with Gasteiger partial charge in [0.05, 0.1) is 10.4 Å². The van der Waals surface area contributed by atoms with Crippen molar-refractivity contribution >= 4 is 21.9 Å². The first kappa shape index (κ1) is 14.1. The number of carboxylic acids is 1. The summed E-state index contributed by atoms with van der Waals surface area (Å²) in [5.41, 5.74) is -0.166. The standard InChI is InChI=1S/C12H13BrF2O2/c1-2-3-7(12(16)17)6-8-10(14)5-4-9(13)11(8)15/h4-5,7H,2-3,6H2,1H3,(H,16,17). The molecule has 1 rings (SSSR count). The molecule has 0 aliphatic rings. The van der Waals surface area contributed by atoms with Crippen molar-refractivity contribution < 1.29 is 18.7 Å². The average Bonchev–Trinajstić information content (AvgIpc) is 2.28. The molecule has 0 spiro atoms. The molecule has 1 aromatic rings. The van der Waals surface area contributed by atoms with Gasteiger partial charge >= 0.3 is 5.97 Å². The first-order valence-corrected chi connectivity index (χ1v) is 6.11. The third kappa shape index (κ3) is 3.49. The summed E-state index contributed by atoms with van der Waals surface area (Å²) in [7, 11) is 0. The highest BCUT2D eigenvalue weighted by atomic mass is 79.9. The predicted octanol–water partition coefficient (Wildman–Crippen LogP) is 3.77. The van der Waals surface area contributed by atoms with Crippen LogP contribution in [0.25, 0.3) is 0 Å². The zero-order valence-corrected chi connectivity index (χ0v) is 10.9. The molecule has 0 heterocycles. The van der Waals surface area contributed by atoms with Crippen LogP contribution in [0.15, 0.2) is 16.6 Å². The smallest absolute Gasteiger partial charge is 0.306 e. The van der Waals surface area contributed by atoms with Crippen molar-refractivity contribution in [1.29, 1.82) is 0 Å². The molecule has 5 heteroatoms. The monoisotopic (exact) mass is 306 g/mol. The lowest BCUT2D eigenvalue weighted by atomic mass is 9.94. The van der Waals surface area contributed by atoms with Crippen LogP contribution in [0.1, 0.15) is 25.3 Å². The van der Waals surface area contributed by atoms with E-state index < -0.39 is 23.5 Å². The van der Waals surface area contributed by atoms with E-state index in [2.05, 4.69) is 15.9 Å². The van der Waals surface area contributed by atoms with Crippen molar-refractivity contribution in [3.63, 3.8) is 0 Å². The summed E-state index contributed by atoms with van der Waals surface area (Å²) in [6.07, 6.45) is 0.940. The Hall–Kier alpha value is -0.970. The van der Waals surface area contributed by atoms with Gasteiger partial charge in [0, 0.05) is 5.56 Å². The summed E-state index contributed by atoms with van der Waals surface area (Å²) in [4.78, 5) is 10.9. The molecule has 0 aliphatic heterocycles. The van der Waals surface area contributed by atoms with E-state index in [9.17, 15) is 13.6 Å². The summed E-state index contributed by atoms with van der Waals surface area (Å²) in [5, 5.41) is 8.96. The van der Waals surface area contributed by atoms with Gasteiger partial charge in [0.1, 0.15) is 11.6 Å². The van der Waals surface area contributed by atoms with E-state index in [0.29, 0.717) is 12.8 Å². The SMILES string of the molecule is CCCC(Cc1c(F)ccc(Br)c1F)C(=O)O. The van der Waals surface area contributed by atoms with E-state index in [-0.39, 0.29) is 16.5 Å². The van der Waals surface area contributed by atoms with Crippen LogP contribution >= 0.6 is 15.9 Å². The second kappa shape index (κ2) is 6.10. The summed E-state index contributed by atoms with van der Waals surface area (Å²) < 4.78 is 27.2. The molecule has 94 valence electrons. The minimum Gasteiger partial charge on any atom is -0.481 e. The normalized spacial score (nSPS) is 12.5. The molecular weight excluding hydrogens is 294 g/mol. The minimum absolute atomic E-state index is 0.125. The number of carbonyl (C=O) groups is 1. The Labute approximate surface area is 107 Å². The largest absolute Gasteiger partial charge is 0.481 e. The van der Waals surface area contributed by atoms with E-state index in [1.165, 1.54) is 6.07 Å². The number of halogens is 3. The maximum Gasteiger partial charge on any atom is 0.306 e. The van der Waals surface area contributed by atoms with Gasteiger partial charge in [-0.15, -0.1) is 0 Å².